The summed E-state index contributed by atoms with van der Waals surface area (Å²) in [5, 5.41) is 2.05. The predicted molar refractivity (Wildman–Crippen MR) is 131 cm³/mol. The minimum atomic E-state index is -0.278. The molecule has 6 heteroatoms. The van der Waals surface area contributed by atoms with Crippen LogP contribution in [0, 0.1) is 0 Å². The normalized spacial score (nSPS) is 11.5. The van der Waals surface area contributed by atoms with E-state index in [1.807, 2.05) is 25.1 Å². The van der Waals surface area contributed by atoms with Crippen molar-refractivity contribution in [1.82, 2.24) is 4.57 Å². The Hall–Kier alpha value is -1.69. The zero-order valence-corrected chi connectivity index (χ0v) is 20.3. The standard InChI is InChI=1S/C24H25BrClNO2S/c1-3-29-22(28)10-5-4-6-15-27-20-8-7-9-21(30-2)23(20)19(24(27)25)16-17-11-13-18(26)14-12-17/h5,7-14H,3-4,6,15-16H2,1-2H3. The van der Waals surface area contributed by atoms with Crippen molar-refractivity contribution >= 4 is 56.2 Å². The smallest absolute Gasteiger partial charge is 0.330 e. The van der Waals surface area contributed by atoms with Crippen molar-refractivity contribution in [3.05, 3.63) is 75.4 Å². The van der Waals surface area contributed by atoms with E-state index in [1.54, 1.807) is 11.8 Å². The maximum atomic E-state index is 11.4. The number of hydrogen-bond donors (Lipinski definition) is 0. The molecule has 0 amide bonds. The lowest BCUT2D eigenvalue weighted by Gasteiger charge is -2.07. The minimum absolute atomic E-state index is 0.278. The lowest BCUT2D eigenvalue weighted by atomic mass is 10.0. The Morgan fingerprint density at radius 2 is 2.00 bits per heavy atom. The quantitative estimate of drug-likeness (QED) is 0.132. The van der Waals surface area contributed by atoms with Gasteiger partial charge in [0.05, 0.1) is 16.7 Å². The van der Waals surface area contributed by atoms with E-state index in [1.165, 1.54) is 33.0 Å². The summed E-state index contributed by atoms with van der Waals surface area (Å²) in [7, 11) is 0. The van der Waals surface area contributed by atoms with E-state index < -0.39 is 0 Å². The molecule has 0 saturated heterocycles. The molecule has 0 bridgehead atoms. The fraction of sp³-hybridized carbons (Fsp3) is 0.292. The number of hydrogen-bond acceptors (Lipinski definition) is 3. The summed E-state index contributed by atoms with van der Waals surface area (Å²) < 4.78 is 8.37. The van der Waals surface area contributed by atoms with E-state index in [0.717, 1.165) is 35.4 Å². The van der Waals surface area contributed by atoms with Crippen molar-refractivity contribution < 1.29 is 9.53 Å². The number of fused-ring (bicyclic) bond motifs is 1. The molecule has 1 aromatic heterocycles. The number of halogens is 2. The number of carbonyl (C=O) groups excluding carboxylic acids is 1. The molecule has 0 saturated carbocycles. The molecule has 0 radical (unpaired) electrons. The number of aromatic nitrogens is 1. The van der Waals surface area contributed by atoms with Gasteiger partial charge in [-0.1, -0.05) is 35.9 Å². The van der Waals surface area contributed by atoms with Crippen molar-refractivity contribution in [3.63, 3.8) is 0 Å². The molecule has 0 fully saturated rings. The fourth-order valence-electron chi connectivity index (χ4n) is 3.51. The second kappa shape index (κ2) is 11.1. The van der Waals surface area contributed by atoms with Gasteiger partial charge in [-0.25, -0.2) is 4.79 Å². The van der Waals surface area contributed by atoms with Gasteiger partial charge in [0.2, 0.25) is 0 Å². The number of ether oxygens (including phenoxy) is 1. The molecule has 0 N–H and O–H groups in total. The highest BCUT2D eigenvalue weighted by molar-refractivity contribution is 9.10. The maximum absolute atomic E-state index is 11.4. The molecular weight excluding hydrogens is 482 g/mol. The second-order valence-corrected chi connectivity index (χ2v) is 8.91. The van der Waals surface area contributed by atoms with Gasteiger partial charge in [-0.05, 0) is 77.3 Å². The number of nitrogens with zero attached hydrogens (tertiary/aromatic N) is 1. The minimum Gasteiger partial charge on any atom is -0.463 e. The van der Waals surface area contributed by atoms with Crippen LogP contribution in [0.1, 0.15) is 30.9 Å². The third kappa shape index (κ3) is 5.51. The summed E-state index contributed by atoms with van der Waals surface area (Å²) in [5.41, 5.74) is 3.75. The Bertz CT molecular complexity index is 1040. The number of benzene rings is 2. The summed E-state index contributed by atoms with van der Waals surface area (Å²) >= 11 is 11.7. The first-order chi connectivity index (χ1) is 14.5. The first-order valence-electron chi connectivity index (χ1n) is 9.96. The van der Waals surface area contributed by atoms with E-state index in [0.29, 0.717) is 6.61 Å². The topological polar surface area (TPSA) is 31.2 Å². The summed E-state index contributed by atoms with van der Waals surface area (Å²) in [6.07, 6.45) is 8.11. The summed E-state index contributed by atoms with van der Waals surface area (Å²) in [6, 6.07) is 14.5. The van der Waals surface area contributed by atoms with Gasteiger partial charge in [0.1, 0.15) is 0 Å². The van der Waals surface area contributed by atoms with Crippen LogP contribution in [0.25, 0.3) is 10.9 Å². The predicted octanol–water partition coefficient (Wildman–Crippen LogP) is 7.27. The Balaban J connectivity index is 1.86. The van der Waals surface area contributed by atoms with Gasteiger partial charge in [0.25, 0.3) is 0 Å². The fourth-order valence-corrected chi connectivity index (χ4v) is 4.99. The highest BCUT2D eigenvalue weighted by atomic mass is 79.9. The summed E-state index contributed by atoms with van der Waals surface area (Å²) in [4.78, 5) is 12.7. The van der Waals surface area contributed by atoms with Crippen molar-refractivity contribution in [1.29, 1.82) is 0 Å². The van der Waals surface area contributed by atoms with Crippen LogP contribution >= 0.6 is 39.3 Å². The van der Waals surface area contributed by atoms with Gasteiger partial charge < -0.3 is 9.30 Å². The summed E-state index contributed by atoms with van der Waals surface area (Å²) in [6.45, 7) is 3.08. The molecule has 0 aliphatic heterocycles. The van der Waals surface area contributed by atoms with Crippen molar-refractivity contribution in [2.45, 2.75) is 37.6 Å². The highest BCUT2D eigenvalue weighted by Crippen LogP contribution is 2.38. The molecule has 158 valence electrons. The molecule has 30 heavy (non-hydrogen) atoms. The lowest BCUT2D eigenvalue weighted by molar-refractivity contribution is -0.137. The van der Waals surface area contributed by atoms with Crippen molar-refractivity contribution in [2.24, 2.45) is 0 Å². The average Bonchev–Trinajstić information content (AvgIpc) is 3.01. The number of unbranched alkanes of at least 4 members (excludes halogenated alkanes) is 1. The summed E-state index contributed by atoms with van der Waals surface area (Å²) in [5.74, 6) is -0.278. The van der Waals surface area contributed by atoms with Gasteiger partial charge >= 0.3 is 5.97 Å². The third-order valence-electron chi connectivity index (χ3n) is 4.89. The molecule has 0 spiro atoms. The van der Waals surface area contributed by atoms with Gasteiger partial charge in [0.15, 0.2) is 0 Å². The molecule has 0 unspecified atom stereocenters. The van der Waals surface area contributed by atoms with Crippen LogP contribution in [-0.2, 0) is 22.5 Å². The van der Waals surface area contributed by atoms with Crippen LogP contribution in [0.4, 0.5) is 0 Å². The van der Waals surface area contributed by atoms with E-state index >= 15 is 0 Å². The number of allylic oxidation sites excluding steroid dienone is 1. The maximum Gasteiger partial charge on any atom is 0.330 e. The van der Waals surface area contributed by atoms with Crippen LogP contribution in [0.5, 0.6) is 0 Å². The molecular formula is C24H25BrClNO2S. The molecule has 0 aliphatic carbocycles. The highest BCUT2D eigenvalue weighted by Gasteiger charge is 2.18. The molecule has 0 atom stereocenters. The number of thioether (sulfide) groups is 1. The molecule has 0 aliphatic rings. The van der Waals surface area contributed by atoms with E-state index in [9.17, 15) is 4.79 Å². The van der Waals surface area contributed by atoms with Gasteiger partial charge in [-0.2, -0.15) is 0 Å². The Kier molecular flexibility index (Phi) is 8.49. The monoisotopic (exact) mass is 505 g/mol. The Labute approximate surface area is 195 Å². The molecule has 3 nitrogen and oxygen atoms in total. The number of carbonyl (C=O) groups is 1. The molecule has 3 rings (SSSR count). The van der Waals surface area contributed by atoms with Crippen LogP contribution in [0.3, 0.4) is 0 Å². The largest absolute Gasteiger partial charge is 0.463 e. The second-order valence-electron chi connectivity index (χ2n) is 6.88. The van der Waals surface area contributed by atoms with Crippen LogP contribution in [0.2, 0.25) is 5.02 Å². The van der Waals surface area contributed by atoms with Crippen LogP contribution in [0.15, 0.2) is 64.1 Å². The number of aryl methyl sites for hydroxylation is 1. The van der Waals surface area contributed by atoms with Crippen LogP contribution < -0.4 is 0 Å². The van der Waals surface area contributed by atoms with Crippen molar-refractivity contribution in [2.75, 3.05) is 12.9 Å². The molecule has 2 aromatic carbocycles. The van der Waals surface area contributed by atoms with Gasteiger partial charge in [-0.3, -0.25) is 0 Å². The molecule has 3 aromatic rings. The lowest BCUT2D eigenvalue weighted by Crippen LogP contribution is -2.00. The Morgan fingerprint density at radius 1 is 1.23 bits per heavy atom. The Morgan fingerprint density at radius 3 is 2.70 bits per heavy atom. The van der Waals surface area contributed by atoms with E-state index in [4.69, 9.17) is 16.3 Å². The van der Waals surface area contributed by atoms with Crippen LogP contribution in [-0.4, -0.2) is 23.4 Å². The van der Waals surface area contributed by atoms with Crippen molar-refractivity contribution in [3.8, 4) is 0 Å². The first kappa shape index (κ1) is 23.0. The van der Waals surface area contributed by atoms with E-state index in [-0.39, 0.29) is 5.97 Å². The number of rotatable bonds is 9. The first-order valence-corrected chi connectivity index (χ1v) is 12.4. The SMILES string of the molecule is CCOC(=O)C=CCCCn1c(Br)c(Cc2ccc(Cl)cc2)c2c(SC)cccc21. The third-order valence-corrected chi connectivity index (χ3v) is 6.83. The van der Waals surface area contributed by atoms with E-state index in [2.05, 4.69) is 57.1 Å². The number of esters is 1. The molecule has 1 heterocycles. The van der Waals surface area contributed by atoms with Gasteiger partial charge in [-0.15, -0.1) is 11.8 Å². The zero-order valence-electron chi connectivity index (χ0n) is 17.2. The zero-order chi connectivity index (χ0) is 21.5. The van der Waals surface area contributed by atoms with Gasteiger partial charge in [0, 0.05) is 34.3 Å². The average molecular weight is 507 g/mol.